The van der Waals surface area contributed by atoms with Crippen LogP contribution in [0.15, 0.2) is 65.5 Å². The van der Waals surface area contributed by atoms with Crippen molar-refractivity contribution in [2.75, 3.05) is 14.2 Å². The number of benzene rings is 2. The third kappa shape index (κ3) is 3.11. The van der Waals surface area contributed by atoms with Crippen molar-refractivity contribution in [3.8, 4) is 33.1 Å². The highest BCUT2D eigenvalue weighted by Crippen LogP contribution is 2.38. The number of hydrogen-bond acceptors (Lipinski definition) is 4. The molecule has 5 heteroatoms. The summed E-state index contributed by atoms with van der Waals surface area (Å²) in [5.41, 5.74) is 3.96. The normalized spacial score (nSPS) is 10.9. The molecule has 0 saturated heterocycles. The Balaban J connectivity index is 1.90. The number of aromatic nitrogens is 1. The summed E-state index contributed by atoms with van der Waals surface area (Å²) in [4.78, 5) is 13.6. The first-order chi connectivity index (χ1) is 13.1. The third-order valence-corrected chi connectivity index (χ3v) is 5.90. The van der Waals surface area contributed by atoms with Crippen molar-refractivity contribution >= 4 is 21.6 Å². The van der Waals surface area contributed by atoms with Gasteiger partial charge in [0.05, 0.1) is 24.4 Å². The average Bonchev–Trinajstić information content (AvgIpc) is 3.16. The van der Waals surface area contributed by atoms with Gasteiger partial charge in [0, 0.05) is 23.6 Å². The highest BCUT2D eigenvalue weighted by Gasteiger charge is 2.14. The molecule has 4 aromatic rings. The second kappa shape index (κ2) is 6.93. The van der Waals surface area contributed by atoms with Crippen molar-refractivity contribution in [1.29, 1.82) is 0 Å². The molecule has 2 aromatic heterocycles. The minimum absolute atomic E-state index is 0.0209. The summed E-state index contributed by atoms with van der Waals surface area (Å²) in [6, 6.07) is 19.6. The lowest BCUT2D eigenvalue weighted by atomic mass is 10.1. The Labute approximate surface area is 161 Å². The summed E-state index contributed by atoms with van der Waals surface area (Å²) < 4.78 is 13.3. The zero-order chi connectivity index (χ0) is 19.0. The molecule has 0 aliphatic carbocycles. The summed E-state index contributed by atoms with van der Waals surface area (Å²) >= 11 is 1.69. The molecule has 0 unspecified atom stereocenters. The zero-order valence-electron chi connectivity index (χ0n) is 15.4. The largest absolute Gasteiger partial charge is 0.497 e. The van der Waals surface area contributed by atoms with Crippen molar-refractivity contribution in [1.82, 2.24) is 4.57 Å². The number of methoxy groups -OCH3 is 2. The van der Waals surface area contributed by atoms with Crippen LogP contribution in [0.3, 0.4) is 0 Å². The lowest BCUT2D eigenvalue weighted by Crippen LogP contribution is -2.15. The van der Waals surface area contributed by atoms with Gasteiger partial charge >= 0.3 is 0 Å². The Morgan fingerprint density at radius 1 is 0.815 bits per heavy atom. The van der Waals surface area contributed by atoms with Crippen LogP contribution in [0.4, 0.5) is 0 Å². The van der Waals surface area contributed by atoms with Crippen LogP contribution < -0.4 is 15.0 Å². The van der Waals surface area contributed by atoms with Crippen LogP contribution in [0.5, 0.6) is 11.5 Å². The van der Waals surface area contributed by atoms with Gasteiger partial charge in [0.2, 0.25) is 0 Å². The van der Waals surface area contributed by atoms with E-state index in [-0.39, 0.29) is 5.56 Å². The van der Waals surface area contributed by atoms with Crippen LogP contribution in [0.2, 0.25) is 0 Å². The first-order valence-electron chi connectivity index (χ1n) is 8.53. The topological polar surface area (TPSA) is 40.5 Å². The first-order valence-corrected chi connectivity index (χ1v) is 9.35. The monoisotopic (exact) mass is 377 g/mol. The number of fused-ring (bicyclic) bond motifs is 1. The Morgan fingerprint density at radius 2 is 1.37 bits per heavy atom. The fourth-order valence-corrected chi connectivity index (χ4v) is 4.34. The quantitative estimate of drug-likeness (QED) is 0.505. The summed E-state index contributed by atoms with van der Waals surface area (Å²) in [5, 5.41) is 0. The molecule has 0 aliphatic heterocycles. The molecule has 2 aromatic carbocycles. The second-order valence-corrected chi connectivity index (χ2v) is 7.29. The number of pyridine rings is 1. The smallest absolute Gasteiger partial charge is 0.251 e. The Bertz CT molecular complexity index is 1160. The summed E-state index contributed by atoms with van der Waals surface area (Å²) in [7, 11) is 5.12. The molecule has 0 saturated carbocycles. The molecule has 0 aliphatic rings. The Hall–Kier alpha value is -3.05. The molecular weight excluding hydrogens is 358 g/mol. The van der Waals surface area contributed by atoms with Crippen molar-refractivity contribution < 1.29 is 9.47 Å². The molecule has 136 valence electrons. The van der Waals surface area contributed by atoms with Crippen LogP contribution in [-0.4, -0.2) is 18.8 Å². The lowest BCUT2D eigenvalue weighted by molar-refractivity contribution is 0.415. The molecule has 0 fully saturated rings. The number of thiophene rings is 1. The van der Waals surface area contributed by atoms with Crippen LogP contribution in [0.25, 0.3) is 31.8 Å². The fraction of sp³-hybridized carbons (Fsp3) is 0.136. The van der Waals surface area contributed by atoms with E-state index in [2.05, 4.69) is 6.07 Å². The van der Waals surface area contributed by atoms with E-state index in [1.54, 1.807) is 36.2 Å². The van der Waals surface area contributed by atoms with Gasteiger partial charge in [-0.3, -0.25) is 4.79 Å². The van der Waals surface area contributed by atoms with Gasteiger partial charge in [-0.1, -0.05) is 12.1 Å². The van der Waals surface area contributed by atoms with Crippen LogP contribution in [0.1, 0.15) is 0 Å². The minimum atomic E-state index is -0.0209. The maximum Gasteiger partial charge on any atom is 0.251 e. The summed E-state index contributed by atoms with van der Waals surface area (Å²) in [5.74, 6) is 1.62. The standard InChI is InChI=1S/C22H19NO3S/c1-23-19-13-20(15-6-10-17(26-3)11-7-15)27-22(19)18(12-21(23)24)14-4-8-16(25-2)9-5-14/h4-13H,1-3H3. The Kier molecular flexibility index (Phi) is 4.46. The molecule has 0 amide bonds. The van der Waals surface area contributed by atoms with Gasteiger partial charge in [0.25, 0.3) is 5.56 Å². The van der Waals surface area contributed by atoms with Crippen molar-refractivity contribution in [2.45, 2.75) is 0 Å². The van der Waals surface area contributed by atoms with E-state index in [9.17, 15) is 4.79 Å². The molecule has 0 radical (unpaired) electrons. The number of ether oxygens (including phenoxy) is 2. The van der Waals surface area contributed by atoms with Gasteiger partial charge in [-0.25, -0.2) is 0 Å². The molecule has 27 heavy (non-hydrogen) atoms. The number of aryl methyl sites for hydroxylation is 1. The van der Waals surface area contributed by atoms with Gasteiger partial charge < -0.3 is 14.0 Å². The van der Waals surface area contributed by atoms with Gasteiger partial charge in [-0.05, 0) is 53.6 Å². The number of hydrogen-bond donors (Lipinski definition) is 0. The Morgan fingerprint density at radius 3 is 1.93 bits per heavy atom. The molecule has 0 spiro atoms. The van der Waals surface area contributed by atoms with E-state index in [0.717, 1.165) is 43.3 Å². The molecule has 4 nitrogen and oxygen atoms in total. The molecule has 4 rings (SSSR count). The predicted molar refractivity (Wildman–Crippen MR) is 111 cm³/mol. The van der Waals surface area contributed by atoms with Gasteiger partial charge in [-0.2, -0.15) is 0 Å². The molecule has 0 bridgehead atoms. The van der Waals surface area contributed by atoms with Gasteiger partial charge in [0.1, 0.15) is 11.5 Å². The average molecular weight is 377 g/mol. The third-order valence-electron chi connectivity index (χ3n) is 4.69. The van der Waals surface area contributed by atoms with E-state index in [0.29, 0.717) is 0 Å². The summed E-state index contributed by atoms with van der Waals surface area (Å²) in [6.45, 7) is 0. The maximum absolute atomic E-state index is 12.5. The predicted octanol–water partition coefficient (Wildman–Crippen LogP) is 4.95. The van der Waals surface area contributed by atoms with Crippen LogP contribution in [-0.2, 0) is 7.05 Å². The van der Waals surface area contributed by atoms with Crippen molar-refractivity contribution in [3.63, 3.8) is 0 Å². The lowest BCUT2D eigenvalue weighted by Gasteiger charge is -2.07. The SMILES string of the molecule is COc1ccc(-c2cc3c(s2)c(-c2ccc(OC)cc2)cc(=O)n3C)cc1. The van der Waals surface area contributed by atoms with Gasteiger partial charge in [-0.15, -0.1) is 11.3 Å². The maximum atomic E-state index is 12.5. The first kappa shape index (κ1) is 17.4. The van der Waals surface area contributed by atoms with Gasteiger partial charge in [0.15, 0.2) is 0 Å². The fourth-order valence-electron chi connectivity index (χ4n) is 3.11. The molecule has 2 heterocycles. The van der Waals surface area contributed by atoms with E-state index in [4.69, 9.17) is 9.47 Å². The highest BCUT2D eigenvalue weighted by atomic mass is 32.1. The molecular formula is C22H19NO3S. The van der Waals surface area contributed by atoms with Crippen molar-refractivity contribution in [2.24, 2.45) is 7.05 Å². The van der Waals surface area contributed by atoms with E-state index in [1.807, 2.05) is 55.6 Å². The van der Waals surface area contributed by atoms with E-state index in [1.165, 1.54) is 0 Å². The zero-order valence-corrected chi connectivity index (χ0v) is 16.2. The summed E-state index contributed by atoms with van der Waals surface area (Å²) in [6.07, 6.45) is 0. The minimum Gasteiger partial charge on any atom is -0.497 e. The van der Waals surface area contributed by atoms with E-state index >= 15 is 0 Å². The highest BCUT2D eigenvalue weighted by molar-refractivity contribution is 7.22. The van der Waals surface area contributed by atoms with Crippen LogP contribution in [0, 0.1) is 0 Å². The van der Waals surface area contributed by atoms with E-state index < -0.39 is 0 Å². The second-order valence-electron chi connectivity index (χ2n) is 6.24. The van der Waals surface area contributed by atoms with Crippen LogP contribution >= 0.6 is 11.3 Å². The molecule has 0 atom stereocenters. The molecule has 0 N–H and O–H groups in total. The van der Waals surface area contributed by atoms with Crippen molar-refractivity contribution in [3.05, 3.63) is 71.0 Å². The number of rotatable bonds is 4. The number of nitrogens with zero attached hydrogens (tertiary/aromatic N) is 1.